The van der Waals surface area contributed by atoms with Crippen LogP contribution in [-0.4, -0.2) is 46.3 Å². The average Bonchev–Trinajstić information content (AvgIpc) is 2.79. The standard InChI is InChI=1S/C19H23FN2O2.C4H4O4/c1-2-17(14-5-3-11-21-13-14)24-18-6-4-12-22-19(18)23-16-9-7-15(20)8-10-16;5-3(6)1-2-4(7)8/h4,6-10,12,14,17,21H,2-3,5,11,13H2,1H3;1-2H,(H,5,6)(H,7,8)/b;2-1+/t14-,17-;/m0./s1. The van der Waals surface area contributed by atoms with Crippen LogP contribution in [0.25, 0.3) is 0 Å². The van der Waals surface area contributed by atoms with Gasteiger partial charge in [-0.25, -0.2) is 19.0 Å². The number of aromatic nitrogens is 1. The molecule has 32 heavy (non-hydrogen) atoms. The van der Waals surface area contributed by atoms with Crippen LogP contribution in [0.5, 0.6) is 17.4 Å². The second-order valence-corrected chi connectivity index (χ2v) is 7.04. The lowest BCUT2D eigenvalue weighted by Crippen LogP contribution is -2.39. The number of aliphatic carboxylic acids is 2. The number of nitrogens with zero attached hydrogens (tertiary/aromatic N) is 1. The van der Waals surface area contributed by atoms with E-state index in [1.807, 2.05) is 12.1 Å². The van der Waals surface area contributed by atoms with Crippen LogP contribution in [0.4, 0.5) is 4.39 Å². The van der Waals surface area contributed by atoms with E-state index in [0.717, 1.165) is 19.5 Å². The lowest BCUT2D eigenvalue weighted by Gasteiger charge is -2.30. The summed E-state index contributed by atoms with van der Waals surface area (Å²) >= 11 is 0. The van der Waals surface area contributed by atoms with Gasteiger partial charge in [0.2, 0.25) is 0 Å². The molecule has 0 saturated carbocycles. The van der Waals surface area contributed by atoms with E-state index in [-0.39, 0.29) is 11.9 Å². The fourth-order valence-electron chi connectivity index (χ4n) is 3.17. The first-order valence-corrected chi connectivity index (χ1v) is 10.3. The number of halogens is 1. The Labute approximate surface area is 185 Å². The summed E-state index contributed by atoms with van der Waals surface area (Å²) in [5, 5.41) is 19.1. The topological polar surface area (TPSA) is 118 Å². The largest absolute Gasteiger partial charge is 0.484 e. The Hall–Kier alpha value is -3.46. The molecule has 2 aromatic rings. The second-order valence-electron chi connectivity index (χ2n) is 7.04. The zero-order chi connectivity index (χ0) is 23.3. The molecule has 1 aromatic heterocycles. The summed E-state index contributed by atoms with van der Waals surface area (Å²) in [6.07, 6.45) is 6.17. The zero-order valence-electron chi connectivity index (χ0n) is 17.7. The molecule has 0 amide bonds. The highest BCUT2D eigenvalue weighted by atomic mass is 19.1. The number of hydrogen-bond acceptors (Lipinski definition) is 6. The molecule has 1 saturated heterocycles. The number of hydrogen-bond donors (Lipinski definition) is 3. The highest BCUT2D eigenvalue weighted by Gasteiger charge is 2.25. The average molecular weight is 446 g/mol. The van der Waals surface area contributed by atoms with E-state index in [4.69, 9.17) is 19.7 Å². The molecule has 2 atom stereocenters. The maximum atomic E-state index is 13.0. The minimum atomic E-state index is -1.26. The minimum absolute atomic E-state index is 0.123. The van der Waals surface area contributed by atoms with Gasteiger partial charge in [0.05, 0.1) is 0 Å². The summed E-state index contributed by atoms with van der Waals surface area (Å²) in [4.78, 5) is 23.4. The van der Waals surface area contributed by atoms with Crippen LogP contribution in [0, 0.1) is 11.7 Å². The summed E-state index contributed by atoms with van der Waals surface area (Å²) in [5.74, 6) is -0.754. The Balaban J connectivity index is 0.000000390. The molecular formula is C23H27FN2O6. The van der Waals surface area contributed by atoms with Crippen LogP contribution in [0.2, 0.25) is 0 Å². The quantitative estimate of drug-likeness (QED) is 0.523. The zero-order valence-corrected chi connectivity index (χ0v) is 17.7. The monoisotopic (exact) mass is 446 g/mol. The number of ether oxygens (including phenoxy) is 2. The summed E-state index contributed by atoms with van der Waals surface area (Å²) in [5.41, 5.74) is 0. The van der Waals surface area contributed by atoms with Gasteiger partial charge in [0.25, 0.3) is 5.88 Å². The van der Waals surface area contributed by atoms with Gasteiger partial charge in [-0.3, -0.25) is 0 Å². The normalized spacial score (nSPS) is 16.5. The first-order chi connectivity index (χ1) is 15.4. The van der Waals surface area contributed by atoms with Crippen LogP contribution < -0.4 is 14.8 Å². The summed E-state index contributed by atoms with van der Waals surface area (Å²) in [7, 11) is 0. The van der Waals surface area contributed by atoms with Gasteiger partial charge >= 0.3 is 11.9 Å². The fourth-order valence-corrected chi connectivity index (χ4v) is 3.17. The summed E-state index contributed by atoms with van der Waals surface area (Å²) < 4.78 is 25.0. The Morgan fingerprint density at radius 3 is 2.47 bits per heavy atom. The minimum Gasteiger partial charge on any atom is -0.484 e. The first kappa shape index (κ1) is 24.8. The molecule has 0 spiro atoms. The Morgan fingerprint density at radius 1 is 1.22 bits per heavy atom. The van der Waals surface area contributed by atoms with Crippen molar-refractivity contribution in [2.24, 2.45) is 5.92 Å². The van der Waals surface area contributed by atoms with Crippen LogP contribution in [0.15, 0.2) is 54.7 Å². The number of pyridine rings is 1. The molecule has 1 aromatic carbocycles. The van der Waals surface area contributed by atoms with Crippen molar-refractivity contribution in [2.45, 2.75) is 32.3 Å². The van der Waals surface area contributed by atoms with E-state index >= 15 is 0 Å². The maximum Gasteiger partial charge on any atom is 0.328 e. The molecular weight excluding hydrogens is 419 g/mol. The van der Waals surface area contributed by atoms with E-state index in [0.29, 0.717) is 35.4 Å². The Morgan fingerprint density at radius 2 is 1.91 bits per heavy atom. The first-order valence-electron chi connectivity index (χ1n) is 10.3. The third-order valence-corrected chi connectivity index (χ3v) is 4.67. The Kier molecular flexibility index (Phi) is 10.1. The molecule has 3 rings (SSSR count). The number of benzene rings is 1. The predicted octanol–water partition coefficient (Wildman–Crippen LogP) is 3.88. The van der Waals surface area contributed by atoms with Crippen molar-refractivity contribution in [3.8, 4) is 17.4 Å². The van der Waals surface area contributed by atoms with Crippen LogP contribution in [0.3, 0.4) is 0 Å². The van der Waals surface area contributed by atoms with Gasteiger partial charge in [-0.05, 0) is 62.2 Å². The van der Waals surface area contributed by atoms with Crippen molar-refractivity contribution >= 4 is 11.9 Å². The van der Waals surface area contributed by atoms with Gasteiger partial charge in [-0.2, -0.15) is 0 Å². The van der Waals surface area contributed by atoms with Crippen molar-refractivity contribution in [2.75, 3.05) is 13.1 Å². The van der Waals surface area contributed by atoms with Gasteiger partial charge in [-0.1, -0.05) is 6.92 Å². The van der Waals surface area contributed by atoms with Crippen molar-refractivity contribution in [1.82, 2.24) is 10.3 Å². The number of carboxylic acid groups (broad SMARTS) is 2. The van der Waals surface area contributed by atoms with Crippen LogP contribution in [0.1, 0.15) is 26.2 Å². The van der Waals surface area contributed by atoms with Crippen LogP contribution in [-0.2, 0) is 9.59 Å². The van der Waals surface area contributed by atoms with Crippen molar-refractivity contribution < 1.29 is 33.7 Å². The highest BCUT2D eigenvalue weighted by molar-refractivity contribution is 5.89. The predicted molar refractivity (Wildman–Crippen MR) is 115 cm³/mol. The van der Waals surface area contributed by atoms with Gasteiger partial charge in [0, 0.05) is 30.8 Å². The molecule has 0 unspecified atom stereocenters. The molecule has 2 heterocycles. The molecule has 8 nitrogen and oxygen atoms in total. The number of carbonyl (C=O) groups is 2. The highest BCUT2D eigenvalue weighted by Crippen LogP contribution is 2.32. The lowest BCUT2D eigenvalue weighted by molar-refractivity contribution is -0.134. The molecule has 9 heteroatoms. The van der Waals surface area contributed by atoms with E-state index < -0.39 is 11.9 Å². The molecule has 0 radical (unpaired) electrons. The summed E-state index contributed by atoms with van der Waals surface area (Å²) in [6, 6.07) is 9.58. The number of piperidine rings is 1. The third-order valence-electron chi connectivity index (χ3n) is 4.67. The molecule has 172 valence electrons. The number of nitrogens with one attached hydrogen (secondary N) is 1. The van der Waals surface area contributed by atoms with Gasteiger partial charge in [-0.15, -0.1) is 0 Å². The summed E-state index contributed by atoms with van der Waals surface area (Å²) in [6.45, 7) is 4.20. The molecule has 0 bridgehead atoms. The molecule has 1 fully saturated rings. The van der Waals surface area contributed by atoms with E-state index in [1.54, 1.807) is 18.3 Å². The molecule has 1 aliphatic heterocycles. The maximum absolute atomic E-state index is 13.0. The lowest BCUT2D eigenvalue weighted by atomic mass is 9.92. The fraction of sp³-hybridized carbons (Fsp3) is 0.348. The van der Waals surface area contributed by atoms with Crippen molar-refractivity contribution in [3.05, 3.63) is 60.6 Å². The van der Waals surface area contributed by atoms with Gasteiger partial charge in [0.15, 0.2) is 5.75 Å². The van der Waals surface area contributed by atoms with Gasteiger partial charge < -0.3 is 25.0 Å². The van der Waals surface area contributed by atoms with Crippen molar-refractivity contribution in [1.29, 1.82) is 0 Å². The smallest absolute Gasteiger partial charge is 0.328 e. The van der Waals surface area contributed by atoms with Crippen molar-refractivity contribution in [3.63, 3.8) is 0 Å². The second kappa shape index (κ2) is 13.1. The Bertz CT molecular complexity index is 882. The molecule has 0 aliphatic carbocycles. The SMILES string of the molecule is CC[C@H](Oc1cccnc1Oc1ccc(F)cc1)[C@H]1CCCNC1.O=C(O)/C=C/C(=O)O. The number of carboxylic acids is 2. The van der Waals surface area contributed by atoms with Crippen LogP contribution >= 0.6 is 0 Å². The van der Waals surface area contributed by atoms with E-state index in [9.17, 15) is 14.0 Å². The van der Waals surface area contributed by atoms with E-state index in [2.05, 4.69) is 17.2 Å². The number of rotatable bonds is 8. The van der Waals surface area contributed by atoms with Gasteiger partial charge in [0.1, 0.15) is 17.7 Å². The third kappa shape index (κ3) is 8.73. The van der Waals surface area contributed by atoms with E-state index in [1.165, 1.54) is 25.0 Å². The molecule has 1 aliphatic rings. The molecule has 3 N–H and O–H groups in total.